The van der Waals surface area contributed by atoms with Gasteiger partial charge in [0.1, 0.15) is 0 Å². The van der Waals surface area contributed by atoms with Crippen LogP contribution >= 0.6 is 0 Å². The van der Waals surface area contributed by atoms with Crippen LogP contribution in [-0.2, 0) is 11.2 Å². The third-order valence-corrected chi connectivity index (χ3v) is 3.71. The highest BCUT2D eigenvalue weighted by Gasteiger charge is 2.28. The van der Waals surface area contributed by atoms with E-state index in [1.54, 1.807) is 31.3 Å². The summed E-state index contributed by atoms with van der Waals surface area (Å²) in [7, 11) is 3.72. The first kappa shape index (κ1) is 14.8. The van der Waals surface area contributed by atoms with Gasteiger partial charge in [0.25, 0.3) is 5.91 Å². The highest BCUT2D eigenvalue weighted by atomic mass is 19.1. The van der Waals surface area contributed by atoms with Gasteiger partial charge in [-0.2, -0.15) is 0 Å². The molecule has 2 rings (SSSR count). The normalized spacial score (nSPS) is 17.6. The number of nitrogens with two attached hydrogens (primary N) is 1. The minimum atomic E-state index is -1.48. The summed E-state index contributed by atoms with van der Waals surface area (Å²) in [6, 6.07) is 6.97. The molecule has 1 atom stereocenters. The Morgan fingerprint density at radius 1 is 1.45 bits per heavy atom. The van der Waals surface area contributed by atoms with Gasteiger partial charge in [0.05, 0.1) is 0 Å². The van der Waals surface area contributed by atoms with E-state index in [0.717, 1.165) is 18.7 Å². The van der Waals surface area contributed by atoms with Gasteiger partial charge in [0, 0.05) is 44.7 Å². The molecule has 110 valence electrons. The van der Waals surface area contributed by atoms with Crippen molar-refractivity contribution in [3.63, 3.8) is 0 Å². The lowest BCUT2D eigenvalue weighted by Crippen LogP contribution is -2.50. The first-order valence-corrected chi connectivity index (χ1v) is 6.87. The molecule has 0 radical (unpaired) electrons. The smallest absolute Gasteiger partial charge is 0.257 e. The van der Waals surface area contributed by atoms with E-state index in [1.807, 2.05) is 7.05 Å². The molecule has 1 fully saturated rings. The van der Waals surface area contributed by atoms with Crippen molar-refractivity contribution in [2.24, 2.45) is 5.92 Å². The van der Waals surface area contributed by atoms with Gasteiger partial charge in [0.2, 0.25) is 0 Å². The lowest BCUT2D eigenvalue weighted by molar-refractivity contribution is -0.136. The van der Waals surface area contributed by atoms with Crippen molar-refractivity contribution in [2.45, 2.75) is 12.6 Å². The second-order valence-electron chi connectivity index (χ2n) is 5.72. The molecule has 20 heavy (non-hydrogen) atoms. The highest BCUT2D eigenvalue weighted by molar-refractivity contribution is 5.80. The fourth-order valence-electron chi connectivity index (χ4n) is 2.61. The minimum Gasteiger partial charge on any atom is -0.399 e. The van der Waals surface area contributed by atoms with Crippen molar-refractivity contribution >= 4 is 11.6 Å². The second-order valence-corrected chi connectivity index (χ2v) is 5.72. The summed E-state index contributed by atoms with van der Waals surface area (Å²) < 4.78 is 14.0. The van der Waals surface area contributed by atoms with E-state index in [1.165, 1.54) is 4.90 Å². The Kier molecular flexibility index (Phi) is 4.60. The molecule has 1 heterocycles. The van der Waals surface area contributed by atoms with E-state index in [4.69, 9.17) is 5.73 Å². The van der Waals surface area contributed by atoms with E-state index in [0.29, 0.717) is 18.2 Å². The number of anilines is 1. The van der Waals surface area contributed by atoms with E-state index >= 15 is 0 Å². The number of carbonyl (C=O) groups is 1. The average molecular weight is 279 g/mol. The molecule has 0 bridgehead atoms. The van der Waals surface area contributed by atoms with Crippen LogP contribution in [0.15, 0.2) is 24.3 Å². The van der Waals surface area contributed by atoms with Crippen LogP contribution in [0.25, 0.3) is 0 Å². The Balaban J connectivity index is 1.83. The number of likely N-dealkylation sites (tertiary alicyclic amines) is 1. The van der Waals surface area contributed by atoms with Crippen LogP contribution in [0, 0.1) is 5.92 Å². The maximum absolute atomic E-state index is 14.0. The Labute approximate surface area is 119 Å². The lowest BCUT2D eigenvalue weighted by atomic mass is 10.0. The molecule has 1 aliphatic rings. The van der Waals surface area contributed by atoms with Gasteiger partial charge >= 0.3 is 0 Å². The third kappa shape index (κ3) is 3.70. The van der Waals surface area contributed by atoms with E-state index in [-0.39, 0.29) is 6.42 Å². The molecule has 1 aliphatic heterocycles. The molecule has 0 saturated carbocycles. The maximum Gasteiger partial charge on any atom is 0.257 e. The monoisotopic (exact) mass is 279 g/mol. The SMILES string of the molecule is CN1CC(CN(C)C(=O)C(F)Cc2ccc(N)cc2)C1. The van der Waals surface area contributed by atoms with Crippen LogP contribution in [0.2, 0.25) is 0 Å². The predicted molar refractivity (Wildman–Crippen MR) is 78.1 cm³/mol. The quantitative estimate of drug-likeness (QED) is 0.823. The lowest BCUT2D eigenvalue weighted by Gasteiger charge is -2.38. The zero-order chi connectivity index (χ0) is 14.7. The van der Waals surface area contributed by atoms with Crippen LogP contribution in [-0.4, -0.2) is 55.6 Å². The zero-order valence-electron chi connectivity index (χ0n) is 12.1. The summed E-state index contributed by atoms with van der Waals surface area (Å²) in [5.41, 5.74) is 7.01. The van der Waals surface area contributed by atoms with Crippen molar-refractivity contribution in [2.75, 3.05) is 39.5 Å². The van der Waals surface area contributed by atoms with Crippen molar-refractivity contribution in [1.29, 1.82) is 0 Å². The zero-order valence-corrected chi connectivity index (χ0v) is 12.1. The maximum atomic E-state index is 14.0. The van der Waals surface area contributed by atoms with Crippen LogP contribution in [0.3, 0.4) is 0 Å². The second kappa shape index (κ2) is 6.22. The molecule has 0 spiro atoms. The number of hydrogen-bond donors (Lipinski definition) is 1. The predicted octanol–water partition coefficient (Wildman–Crippen LogP) is 1.17. The van der Waals surface area contributed by atoms with Gasteiger partial charge in [-0.05, 0) is 24.7 Å². The number of rotatable bonds is 5. The topological polar surface area (TPSA) is 49.6 Å². The summed E-state index contributed by atoms with van der Waals surface area (Å²) in [5.74, 6) is 0.0362. The molecule has 2 N–H and O–H groups in total. The summed E-state index contributed by atoms with van der Waals surface area (Å²) in [4.78, 5) is 15.7. The number of nitrogen functional groups attached to an aromatic ring is 1. The molecule has 1 aromatic rings. The Hall–Kier alpha value is -1.62. The van der Waals surface area contributed by atoms with Gasteiger partial charge in [0.15, 0.2) is 6.17 Å². The van der Waals surface area contributed by atoms with Gasteiger partial charge < -0.3 is 15.5 Å². The van der Waals surface area contributed by atoms with Crippen molar-refractivity contribution in [3.8, 4) is 0 Å². The molecule has 1 saturated heterocycles. The molecule has 1 aromatic carbocycles. The molecular formula is C15H22FN3O. The van der Waals surface area contributed by atoms with Crippen LogP contribution in [0.1, 0.15) is 5.56 Å². The molecule has 4 nitrogen and oxygen atoms in total. The van der Waals surface area contributed by atoms with Crippen LogP contribution < -0.4 is 5.73 Å². The molecule has 1 amide bonds. The number of halogens is 1. The van der Waals surface area contributed by atoms with Crippen molar-refractivity contribution in [3.05, 3.63) is 29.8 Å². The van der Waals surface area contributed by atoms with Crippen molar-refractivity contribution in [1.82, 2.24) is 9.80 Å². The number of hydrogen-bond acceptors (Lipinski definition) is 3. The largest absolute Gasteiger partial charge is 0.399 e. The first-order chi connectivity index (χ1) is 9.45. The molecule has 5 heteroatoms. The van der Waals surface area contributed by atoms with Gasteiger partial charge in [-0.1, -0.05) is 12.1 Å². The number of carbonyl (C=O) groups excluding carboxylic acids is 1. The number of nitrogens with zero attached hydrogens (tertiary/aromatic N) is 2. The van der Waals surface area contributed by atoms with Crippen LogP contribution in [0.4, 0.5) is 10.1 Å². The summed E-state index contributed by atoms with van der Waals surface area (Å²) in [6.45, 7) is 2.59. The van der Waals surface area contributed by atoms with Crippen LogP contribution in [0.5, 0.6) is 0 Å². The fourth-order valence-corrected chi connectivity index (χ4v) is 2.61. The third-order valence-electron chi connectivity index (χ3n) is 3.71. The summed E-state index contributed by atoms with van der Waals surface area (Å²) in [5, 5.41) is 0. The minimum absolute atomic E-state index is 0.105. The molecule has 0 aromatic heterocycles. The Morgan fingerprint density at radius 2 is 2.05 bits per heavy atom. The van der Waals surface area contributed by atoms with E-state index in [2.05, 4.69) is 4.90 Å². The number of alkyl halides is 1. The summed E-state index contributed by atoms with van der Waals surface area (Å²) >= 11 is 0. The standard InChI is InChI=1S/C15H22FN3O/c1-18-8-12(9-18)10-19(2)15(20)14(16)7-11-3-5-13(17)6-4-11/h3-6,12,14H,7-10,17H2,1-2H3. The molecule has 1 unspecified atom stereocenters. The van der Waals surface area contributed by atoms with E-state index in [9.17, 15) is 9.18 Å². The Bertz CT molecular complexity index is 457. The number of benzene rings is 1. The Morgan fingerprint density at radius 3 is 2.60 bits per heavy atom. The van der Waals surface area contributed by atoms with Crippen molar-refractivity contribution < 1.29 is 9.18 Å². The van der Waals surface area contributed by atoms with Gasteiger partial charge in [-0.15, -0.1) is 0 Å². The van der Waals surface area contributed by atoms with Gasteiger partial charge in [-0.25, -0.2) is 4.39 Å². The highest BCUT2D eigenvalue weighted by Crippen LogP contribution is 2.16. The fraction of sp³-hybridized carbons (Fsp3) is 0.533. The average Bonchev–Trinajstić information content (AvgIpc) is 2.38. The molecular weight excluding hydrogens is 257 g/mol. The number of amides is 1. The van der Waals surface area contributed by atoms with E-state index < -0.39 is 12.1 Å². The summed E-state index contributed by atoms with van der Waals surface area (Å²) in [6.07, 6.45) is -1.38. The molecule has 0 aliphatic carbocycles. The first-order valence-electron chi connectivity index (χ1n) is 6.87. The van der Waals surface area contributed by atoms with Gasteiger partial charge in [-0.3, -0.25) is 4.79 Å².